The number of aryl methyl sites for hydroxylation is 1. The monoisotopic (exact) mass is 736 g/mol. The molecule has 0 aliphatic carbocycles. The molecule has 0 bridgehead atoms. The Bertz CT molecular complexity index is 1610. The molecule has 1 heterocycles. The van der Waals surface area contributed by atoms with Gasteiger partial charge in [0.05, 0.1) is 27.3 Å². The van der Waals surface area contributed by atoms with Gasteiger partial charge in [-0.1, -0.05) is 40.9 Å². The van der Waals surface area contributed by atoms with Crippen LogP contribution in [0.2, 0.25) is 5.02 Å². The largest absolute Gasteiger partial charge is 0.490 e. The zero-order valence-electron chi connectivity index (χ0n) is 21.9. The first-order chi connectivity index (χ1) is 19.3. The molecule has 4 aromatic rings. The summed E-state index contributed by atoms with van der Waals surface area (Å²) in [7, 11) is 0. The number of unbranched alkanes of at least 4 members (excludes halogenated alkanes) is 1. The highest BCUT2D eigenvalue weighted by atomic mass is 127. The summed E-state index contributed by atoms with van der Waals surface area (Å²) in [4.78, 5) is 30.5. The third-order valence-corrected chi connectivity index (χ3v) is 7.31. The molecule has 0 saturated heterocycles. The minimum atomic E-state index is -0.319. The van der Waals surface area contributed by atoms with Crippen molar-refractivity contribution in [2.45, 2.75) is 33.1 Å². The third kappa shape index (κ3) is 7.61. The summed E-state index contributed by atoms with van der Waals surface area (Å²) in [5, 5.41) is 8.38. The van der Waals surface area contributed by atoms with Gasteiger partial charge in [0.25, 0.3) is 11.5 Å². The number of carbonyl (C=O) groups excluding carboxylic acids is 1. The highest BCUT2D eigenvalue weighted by Crippen LogP contribution is 2.34. The number of fused-ring (bicyclic) bond motifs is 1. The molecular formula is C29H27BrClIN4O4. The lowest BCUT2D eigenvalue weighted by molar-refractivity contribution is -0.118. The van der Waals surface area contributed by atoms with Gasteiger partial charge in [-0.05, 0) is 96.1 Å². The summed E-state index contributed by atoms with van der Waals surface area (Å²) in [6.45, 7) is 4.14. The van der Waals surface area contributed by atoms with Crippen molar-refractivity contribution in [3.8, 4) is 11.5 Å². The Morgan fingerprint density at radius 2 is 1.93 bits per heavy atom. The number of hydrogen-bond acceptors (Lipinski definition) is 6. The fraction of sp³-hybridized carbons (Fsp3) is 0.241. The van der Waals surface area contributed by atoms with Gasteiger partial charge in [-0.15, -0.1) is 0 Å². The molecule has 0 atom stereocenters. The van der Waals surface area contributed by atoms with Crippen LogP contribution in [0.5, 0.6) is 11.5 Å². The summed E-state index contributed by atoms with van der Waals surface area (Å²) < 4.78 is 14.6. The standard InChI is InChI=1S/C29H27BrClIN4O4/c1-3-5-6-26-35-24-12-7-19(30)15-22(24)29(38)36(26)33-16-18-13-23(32)28(25(14-18)39-4-2)40-17-27(37)34-21-10-8-20(31)9-11-21/h7-16H,3-6,17H2,1-2H3,(H,34,37). The van der Waals surface area contributed by atoms with Gasteiger partial charge in [0.15, 0.2) is 18.1 Å². The van der Waals surface area contributed by atoms with E-state index >= 15 is 0 Å². The third-order valence-electron chi connectivity index (χ3n) is 5.76. The van der Waals surface area contributed by atoms with E-state index in [0.717, 1.165) is 20.9 Å². The Balaban J connectivity index is 1.60. The lowest BCUT2D eigenvalue weighted by Gasteiger charge is -2.15. The Morgan fingerprint density at radius 1 is 1.15 bits per heavy atom. The van der Waals surface area contributed by atoms with E-state index in [1.165, 1.54) is 4.68 Å². The summed E-state index contributed by atoms with van der Waals surface area (Å²) in [6, 6.07) is 15.9. The van der Waals surface area contributed by atoms with Crippen LogP contribution in [0.15, 0.2) is 69.0 Å². The number of benzene rings is 3. The van der Waals surface area contributed by atoms with Gasteiger partial charge in [0.1, 0.15) is 5.82 Å². The van der Waals surface area contributed by atoms with E-state index in [1.54, 1.807) is 42.6 Å². The quantitative estimate of drug-likeness (QED) is 0.132. The summed E-state index contributed by atoms with van der Waals surface area (Å²) >= 11 is 11.5. The first kappa shape index (κ1) is 30.0. The lowest BCUT2D eigenvalue weighted by Crippen LogP contribution is -2.22. The molecule has 40 heavy (non-hydrogen) atoms. The van der Waals surface area contributed by atoms with Crippen LogP contribution in [0.4, 0.5) is 5.69 Å². The molecule has 0 saturated carbocycles. The molecule has 0 fully saturated rings. The average molecular weight is 738 g/mol. The minimum absolute atomic E-state index is 0.208. The molecule has 4 rings (SSSR count). The zero-order valence-corrected chi connectivity index (χ0v) is 26.4. The number of nitrogens with zero attached hydrogens (tertiary/aromatic N) is 3. The maximum atomic E-state index is 13.4. The number of hydrogen-bond donors (Lipinski definition) is 1. The van der Waals surface area contributed by atoms with Crippen molar-refractivity contribution in [3.63, 3.8) is 0 Å². The number of rotatable bonds is 11. The zero-order chi connectivity index (χ0) is 28.6. The van der Waals surface area contributed by atoms with Gasteiger partial charge in [0, 0.05) is 21.6 Å². The first-order valence-electron chi connectivity index (χ1n) is 12.7. The maximum absolute atomic E-state index is 13.4. The van der Waals surface area contributed by atoms with Crippen molar-refractivity contribution in [2.75, 3.05) is 18.5 Å². The van der Waals surface area contributed by atoms with Crippen LogP contribution in [-0.2, 0) is 11.2 Å². The average Bonchev–Trinajstić information content (AvgIpc) is 2.93. The van der Waals surface area contributed by atoms with Crippen molar-refractivity contribution in [1.29, 1.82) is 0 Å². The smallest absolute Gasteiger partial charge is 0.282 e. The van der Waals surface area contributed by atoms with E-state index in [0.29, 0.717) is 57.5 Å². The van der Waals surface area contributed by atoms with E-state index in [9.17, 15) is 9.59 Å². The van der Waals surface area contributed by atoms with Crippen LogP contribution >= 0.6 is 50.1 Å². The Hall–Kier alpha value is -2.96. The fourth-order valence-electron chi connectivity index (χ4n) is 3.87. The highest BCUT2D eigenvalue weighted by molar-refractivity contribution is 14.1. The second-order valence-corrected chi connectivity index (χ2v) is 11.3. The second kappa shape index (κ2) is 14.1. The molecular weight excluding hydrogens is 711 g/mol. The fourth-order valence-corrected chi connectivity index (χ4v) is 5.14. The SMILES string of the molecule is CCCCc1nc2ccc(Br)cc2c(=O)n1N=Cc1cc(I)c(OCC(=O)Nc2ccc(Cl)cc2)c(OCC)c1. The van der Waals surface area contributed by atoms with Gasteiger partial charge in [0.2, 0.25) is 0 Å². The highest BCUT2D eigenvalue weighted by Gasteiger charge is 2.15. The predicted molar refractivity (Wildman–Crippen MR) is 171 cm³/mol. The van der Waals surface area contributed by atoms with Gasteiger partial charge in [-0.2, -0.15) is 9.78 Å². The molecule has 1 aromatic heterocycles. The first-order valence-corrected chi connectivity index (χ1v) is 14.9. The van der Waals surface area contributed by atoms with Crippen molar-refractivity contribution < 1.29 is 14.3 Å². The number of anilines is 1. The molecule has 0 aliphatic heterocycles. The van der Waals surface area contributed by atoms with Crippen LogP contribution in [0.25, 0.3) is 10.9 Å². The van der Waals surface area contributed by atoms with E-state index in [-0.39, 0.29) is 18.1 Å². The molecule has 208 valence electrons. The van der Waals surface area contributed by atoms with Gasteiger partial charge < -0.3 is 14.8 Å². The molecule has 8 nitrogen and oxygen atoms in total. The number of nitrogens with one attached hydrogen (secondary N) is 1. The Kier molecular flexibility index (Phi) is 10.6. The van der Waals surface area contributed by atoms with E-state index in [1.807, 2.05) is 25.1 Å². The normalized spacial score (nSPS) is 11.2. The lowest BCUT2D eigenvalue weighted by atomic mass is 10.2. The van der Waals surface area contributed by atoms with E-state index in [2.05, 4.69) is 55.9 Å². The van der Waals surface area contributed by atoms with Gasteiger partial charge in [-0.3, -0.25) is 9.59 Å². The van der Waals surface area contributed by atoms with Crippen molar-refractivity contribution in [1.82, 2.24) is 9.66 Å². The van der Waals surface area contributed by atoms with Crippen LogP contribution in [-0.4, -0.2) is 35.0 Å². The van der Waals surface area contributed by atoms with Crippen molar-refractivity contribution >= 4 is 78.8 Å². The number of halogens is 3. The molecule has 1 amide bonds. The van der Waals surface area contributed by atoms with Gasteiger partial charge >= 0.3 is 0 Å². The molecule has 0 spiro atoms. The molecule has 1 N–H and O–H groups in total. The number of aromatic nitrogens is 2. The predicted octanol–water partition coefficient (Wildman–Crippen LogP) is 7.06. The second-order valence-electron chi connectivity index (χ2n) is 8.76. The van der Waals surface area contributed by atoms with Crippen LogP contribution < -0.4 is 20.3 Å². The summed E-state index contributed by atoms with van der Waals surface area (Å²) in [6.07, 6.45) is 4.08. The number of ether oxygens (including phenoxy) is 2. The van der Waals surface area contributed by atoms with Crippen molar-refractivity contribution in [3.05, 3.63) is 89.4 Å². The van der Waals surface area contributed by atoms with Gasteiger partial charge in [-0.25, -0.2) is 4.98 Å². The van der Waals surface area contributed by atoms with Crippen LogP contribution in [0, 0.1) is 3.57 Å². The van der Waals surface area contributed by atoms with Crippen LogP contribution in [0.3, 0.4) is 0 Å². The summed E-state index contributed by atoms with van der Waals surface area (Å²) in [5.74, 6) is 1.20. The maximum Gasteiger partial charge on any atom is 0.282 e. The topological polar surface area (TPSA) is 94.8 Å². The molecule has 0 unspecified atom stereocenters. The molecule has 11 heteroatoms. The Morgan fingerprint density at radius 3 is 2.65 bits per heavy atom. The molecule has 0 radical (unpaired) electrons. The van der Waals surface area contributed by atoms with Crippen LogP contribution in [0.1, 0.15) is 38.1 Å². The molecule has 3 aromatic carbocycles. The molecule has 0 aliphatic rings. The minimum Gasteiger partial charge on any atom is -0.490 e. The van der Waals surface area contributed by atoms with E-state index in [4.69, 9.17) is 26.1 Å². The van der Waals surface area contributed by atoms with Crippen molar-refractivity contribution in [2.24, 2.45) is 5.10 Å². The summed E-state index contributed by atoms with van der Waals surface area (Å²) in [5.41, 5.74) is 1.72. The number of amides is 1. The van der Waals surface area contributed by atoms with E-state index < -0.39 is 0 Å². The Labute approximate surface area is 259 Å². The number of carbonyl (C=O) groups is 1.